The number of rotatable bonds is 6. The van der Waals surface area contributed by atoms with E-state index in [-0.39, 0.29) is 23.8 Å². The zero-order valence-electron chi connectivity index (χ0n) is 14.7. The fourth-order valence-corrected chi connectivity index (χ4v) is 3.82. The average Bonchev–Trinajstić information content (AvgIpc) is 2.67. The molecule has 3 aromatic carbocycles. The van der Waals surface area contributed by atoms with Gasteiger partial charge in [0.25, 0.3) is 0 Å². The number of benzene rings is 3. The van der Waals surface area contributed by atoms with Gasteiger partial charge in [-0.1, -0.05) is 42.5 Å². The molecule has 3 aromatic rings. The Morgan fingerprint density at radius 3 is 2.37 bits per heavy atom. The summed E-state index contributed by atoms with van der Waals surface area (Å²) in [5.41, 5.74) is 0.727. The van der Waals surface area contributed by atoms with Crippen LogP contribution in [0.25, 0.3) is 10.8 Å². The van der Waals surface area contributed by atoms with Crippen LogP contribution in [0.1, 0.15) is 5.56 Å². The van der Waals surface area contributed by atoms with Crippen LogP contribution in [0.3, 0.4) is 0 Å². The van der Waals surface area contributed by atoms with Gasteiger partial charge in [0.15, 0.2) is 0 Å². The van der Waals surface area contributed by atoms with Crippen molar-refractivity contribution in [1.82, 2.24) is 9.62 Å². The van der Waals surface area contributed by atoms with Crippen molar-refractivity contribution >= 4 is 26.7 Å². The number of nitrogens with zero attached hydrogens (tertiary/aromatic N) is 1. The lowest BCUT2D eigenvalue weighted by molar-refractivity contribution is -0.121. The van der Waals surface area contributed by atoms with E-state index >= 15 is 0 Å². The second-order valence-corrected chi connectivity index (χ2v) is 8.22. The number of fused-ring (bicyclic) bond motifs is 1. The summed E-state index contributed by atoms with van der Waals surface area (Å²) in [5.74, 6) is -0.794. The quantitative estimate of drug-likeness (QED) is 0.708. The Labute approximate surface area is 157 Å². The molecule has 0 saturated carbocycles. The van der Waals surface area contributed by atoms with Gasteiger partial charge in [-0.2, -0.15) is 4.31 Å². The van der Waals surface area contributed by atoms with Gasteiger partial charge in [-0.15, -0.1) is 0 Å². The standard InChI is InChI=1S/C20H19FN2O3S/c1-23(14-20(24)22-13-15-6-9-18(21)10-7-15)27(25,26)19-11-8-16-4-2-3-5-17(16)12-19/h2-12H,13-14H2,1H3,(H,22,24). The predicted octanol–water partition coefficient (Wildman–Crippen LogP) is 2.92. The van der Waals surface area contributed by atoms with Gasteiger partial charge >= 0.3 is 0 Å². The van der Waals surface area contributed by atoms with Crippen LogP contribution >= 0.6 is 0 Å². The van der Waals surface area contributed by atoms with E-state index in [1.54, 1.807) is 24.3 Å². The van der Waals surface area contributed by atoms with Crippen molar-refractivity contribution in [2.24, 2.45) is 0 Å². The molecule has 0 unspecified atom stereocenters. The number of halogens is 1. The minimum Gasteiger partial charge on any atom is -0.351 e. The second-order valence-electron chi connectivity index (χ2n) is 6.17. The van der Waals surface area contributed by atoms with Crippen molar-refractivity contribution in [1.29, 1.82) is 0 Å². The number of amides is 1. The first-order chi connectivity index (χ1) is 12.9. The van der Waals surface area contributed by atoms with Crippen LogP contribution in [0, 0.1) is 5.82 Å². The van der Waals surface area contributed by atoms with Crippen LogP contribution in [-0.4, -0.2) is 32.2 Å². The molecule has 0 radical (unpaired) electrons. The Morgan fingerprint density at radius 2 is 1.67 bits per heavy atom. The molecule has 0 aromatic heterocycles. The summed E-state index contributed by atoms with van der Waals surface area (Å²) in [6, 6.07) is 18.1. The normalized spacial score (nSPS) is 11.7. The van der Waals surface area contributed by atoms with Gasteiger partial charge in [0.2, 0.25) is 15.9 Å². The van der Waals surface area contributed by atoms with Crippen LogP contribution in [-0.2, 0) is 21.4 Å². The van der Waals surface area contributed by atoms with Gasteiger partial charge in [-0.25, -0.2) is 12.8 Å². The minimum atomic E-state index is -3.79. The Balaban J connectivity index is 1.66. The highest BCUT2D eigenvalue weighted by molar-refractivity contribution is 7.89. The number of carbonyl (C=O) groups is 1. The summed E-state index contributed by atoms with van der Waals surface area (Å²) < 4.78 is 39.4. The fourth-order valence-electron chi connectivity index (χ4n) is 2.65. The monoisotopic (exact) mass is 386 g/mol. The average molecular weight is 386 g/mol. The first kappa shape index (κ1) is 19.0. The molecule has 3 rings (SSSR count). The Kier molecular flexibility index (Phi) is 5.53. The zero-order valence-corrected chi connectivity index (χ0v) is 15.5. The van der Waals surface area contributed by atoms with Gasteiger partial charge in [0.05, 0.1) is 11.4 Å². The Bertz CT molecular complexity index is 1070. The number of hydrogen-bond acceptors (Lipinski definition) is 3. The SMILES string of the molecule is CN(CC(=O)NCc1ccc(F)cc1)S(=O)(=O)c1ccc2ccccc2c1. The third-order valence-electron chi connectivity index (χ3n) is 4.20. The largest absolute Gasteiger partial charge is 0.351 e. The van der Waals surface area contributed by atoms with Crippen molar-refractivity contribution in [2.45, 2.75) is 11.4 Å². The summed E-state index contributed by atoms with van der Waals surface area (Å²) in [6.07, 6.45) is 0. The van der Waals surface area contributed by atoms with Gasteiger partial charge in [-0.3, -0.25) is 4.79 Å². The van der Waals surface area contributed by atoms with Crippen LogP contribution < -0.4 is 5.32 Å². The summed E-state index contributed by atoms with van der Waals surface area (Å²) in [4.78, 5) is 12.2. The van der Waals surface area contributed by atoms with E-state index in [0.29, 0.717) is 0 Å². The first-order valence-corrected chi connectivity index (χ1v) is 9.76. The molecule has 140 valence electrons. The summed E-state index contributed by atoms with van der Waals surface area (Å²) in [6.45, 7) is -0.112. The van der Waals surface area contributed by atoms with Crippen LogP contribution in [0.15, 0.2) is 71.6 Å². The molecular weight excluding hydrogens is 367 g/mol. The summed E-state index contributed by atoms with van der Waals surface area (Å²) in [5, 5.41) is 4.39. The molecule has 0 saturated heterocycles. The van der Waals surface area contributed by atoms with E-state index in [2.05, 4.69) is 5.32 Å². The maximum Gasteiger partial charge on any atom is 0.243 e. The molecule has 0 bridgehead atoms. The highest BCUT2D eigenvalue weighted by Gasteiger charge is 2.23. The molecule has 0 spiro atoms. The van der Waals surface area contributed by atoms with Crippen molar-refractivity contribution in [3.05, 3.63) is 78.1 Å². The minimum absolute atomic E-state index is 0.134. The first-order valence-electron chi connectivity index (χ1n) is 8.32. The Morgan fingerprint density at radius 1 is 1.00 bits per heavy atom. The number of nitrogens with one attached hydrogen (secondary N) is 1. The van der Waals surface area contributed by atoms with Crippen LogP contribution in [0.5, 0.6) is 0 Å². The molecule has 7 heteroatoms. The third-order valence-corrected chi connectivity index (χ3v) is 6.00. The van der Waals surface area contributed by atoms with Crippen molar-refractivity contribution in [2.75, 3.05) is 13.6 Å². The van der Waals surface area contributed by atoms with Gasteiger partial charge in [-0.05, 0) is 40.6 Å². The topological polar surface area (TPSA) is 66.5 Å². The number of likely N-dealkylation sites (N-methyl/N-ethyl adjacent to an activating group) is 1. The van der Waals surface area contributed by atoms with E-state index in [1.807, 2.05) is 24.3 Å². The maximum absolute atomic E-state index is 12.9. The maximum atomic E-state index is 12.9. The van der Waals surface area contributed by atoms with E-state index in [9.17, 15) is 17.6 Å². The molecule has 0 aliphatic heterocycles. The van der Waals surface area contributed by atoms with Gasteiger partial charge in [0, 0.05) is 13.6 Å². The third kappa shape index (κ3) is 4.50. The molecule has 1 N–H and O–H groups in total. The lowest BCUT2D eigenvalue weighted by Gasteiger charge is -2.17. The number of hydrogen-bond donors (Lipinski definition) is 1. The van der Waals surface area contributed by atoms with E-state index in [0.717, 1.165) is 20.6 Å². The number of carbonyl (C=O) groups excluding carboxylic acids is 1. The molecule has 0 heterocycles. The molecular formula is C20H19FN2O3S. The zero-order chi connectivity index (χ0) is 19.4. The van der Waals surface area contributed by atoms with E-state index in [1.165, 1.54) is 25.2 Å². The lowest BCUT2D eigenvalue weighted by atomic mass is 10.1. The fraction of sp³-hybridized carbons (Fsp3) is 0.150. The molecule has 27 heavy (non-hydrogen) atoms. The van der Waals surface area contributed by atoms with E-state index in [4.69, 9.17) is 0 Å². The smallest absolute Gasteiger partial charge is 0.243 e. The molecule has 0 atom stereocenters. The predicted molar refractivity (Wildman–Crippen MR) is 102 cm³/mol. The van der Waals surface area contributed by atoms with E-state index < -0.39 is 15.9 Å². The highest BCUT2D eigenvalue weighted by Crippen LogP contribution is 2.21. The number of sulfonamides is 1. The van der Waals surface area contributed by atoms with Gasteiger partial charge < -0.3 is 5.32 Å². The van der Waals surface area contributed by atoms with Crippen molar-refractivity contribution in [3.8, 4) is 0 Å². The summed E-state index contributed by atoms with van der Waals surface area (Å²) in [7, 11) is -2.43. The molecule has 1 amide bonds. The van der Waals surface area contributed by atoms with Crippen LogP contribution in [0.4, 0.5) is 4.39 Å². The lowest BCUT2D eigenvalue weighted by Crippen LogP contribution is -2.38. The molecule has 0 aliphatic carbocycles. The highest BCUT2D eigenvalue weighted by atomic mass is 32.2. The molecule has 0 fully saturated rings. The second kappa shape index (κ2) is 7.85. The van der Waals surface area contributed by atoms with Gasteiger partial charge in [0.1, 0.15) is 5.82 Å². The molecule has 5 nitrogen and oxygen atoms in total. The van der Waals surface area contributed by atoms with Crippen LogP contribution in [0.2, 0.25) is 0 Å². The molecule has 0 aliphatic rings. The van der Waals surface area contributed by atoms with Crippen molar-refractivity contribution < 1.29 is 17.6 Å². The summed E-state index contributed by atoms with van der Waals surface area (Å²) >= 11 is 0. The van der Waals surface area contributed by atoms with Crippen molar-refractivity contribution in [3.63, 3.8) is 0 Å². The Hall–Kier alpha value is -2.77.